The predicted molar refractivity (Wildman–Crippen MR) is 78.0 cm³/mol. The molecule has 110 valence electrons. The van der Waals surface area contributed by atoms with Gasteiger partial charge in [0.1, 0.15) is 5.75 Å². The molecular weight excluding hydrogens is 254 g/mol. The van der Waals surface area contributed by atoms with Gasteiger partial charge in [-0.3, -0.25) is 9.69 Å². The predicted octanol–water partition coefficient (Wildman–Crippen LogP) is 2.55. The minimum Gasteiger partial charge on any atom is -0.496 e. The number of ether oxygens (including phenoxy) is 1. The fourth-order valence-corrected chi connectivity index (χ4v) is 2.72. The molecule has 0 atom stereocenters. The number of rotatable bonds is 5. The van der Waals surface area contributed by atoms with Crippen LogP contribution < -0.4 is 4.74 Å². The Balaban J connectivity index is 1.99. The zero-order valence-corrected chi connectivity index (χ0v) is 12.3. The summed E-state index contributed by atoms with van der Waals surface area (Å²) in [6.45, 7) is 4.65. The van der Waals surface area contributed by atoms with Crippen molar-refractivity contribution in [1.29, 1.82) is 0 Å². The Morgan fingerprint density at radius 3 is 2.65 bits per heavy atom. The van der Waals surface area contributed by atoms with Gasteiger partial charge >= 0.3 is 5.97 Å². The maximum absolute atomic E-state index is 11.0. The molecule has 4 nitrogen and oxygen atoms in total. The van der Waals surface area contributed by atoms with Crippen molar-refractivity contribution in [2.75, 3.05) is 20.2 Å². The van der Waals surface area contributed by atoms with E-state index >= 15 is 0 Å². The van der Waals surface area contributed by atoms with Crippen molar-refractivity contribution in [2.24, 2.45) is 5.92 Å². The van der Waals surface area contributed by atoms with Crippen LogP contribution in [0.3, 0.4) is 0 Å². The average molecular weight is 277 g/mol. The number of piperidine rings is 1. The van der Waals surface area contributed by atoms with E-state index in [0.29, 0.717) is 0 Å². The molecule has 4 heteroatoms. The van der Waals surface area contributed by atoms with Crippen molar-refractivity contribution in [3.63, 3.8) is 0 Å². The number of aliphatic carboxylic acids is 1. The highest BCUT2D eigenvalue weighted by Gasteiger charge is 2.24. The van der Waals surface area contributed by atoms with E-state index in [2.05, 4.69) is 30.0 Å². The molecule has 0 aromatic heterocycles. The number of likely N-dealkylation sites (tertiary alicyclic amines) is 1. The molecular formula is C16H23NO3. The average Bonchev–Trinajstić information content (AvgIpc) is 2.48. The van der Waals surface area contributed by atoms with Gasteiger partial charge in [-0.1, -0.05) is 19.1 Å². The van der Waals surface area contributed by atoms with Gasteiger partial charge in [-0.05, 0) is 44.0 Å². The third kappa shape index (κ3) is 3.51. The number of aryl methyl sites for hydroxylation is 1. The lowest BCUT2D eigenvalue weighted by atomic mass is 9.96. The third-order valence-corrected chi connectivity index (χ3v) is 4.09. The molecule has 0 amide bonds. The van der Waals surface area contributed by atoms with E-state index in [1.165, 1.54) is 11.1 Å². The standard InChI is InChI=1S/C16H23NO3/c1-3-12-4-5-14(15(10-12)20-2)11-17-8-6-13(7-9-17)16(18)19/h4-5,10,13H,3,6-9,11H2,1-2H3,(H,18,19). The summed E-state index contributed by atoms with van der Waals surface area (Å²) in [5.74, 6) is 0.106. The SMILES string of the molecule is CCc1ccc(CN2CCC(C(=O)O)CC2)c(OC)c1. The number of hydrogen-bond acceptors (Lipinski definition) is 3. The van der Waals surface area contributed by atoms with Crippen LogP contribution in [0.4, 0.5) is 0 Å². The van der Waals surface area contributed by atoms with Gasteiger partial charge in [0.05, 0.1) is 13.0 Å². The Labute approximate surface area is 120 Å². The van der Waals surface area contributed by atoms with Crippen LogP contribution in [0.1, 0.15) is 30.9 Å². The highest BCUT2D eigenvalue weighted by Crippen LogP contribution is 2.25. The Morgan fingerprint density at radius 2 is 2.10 bits per heavy atom. The van der Waals surface area contributed by atoms with Crippen LogP contribution >= 0.6 is 0 Å². The number of carboxylic acid groups (broad SMARTS) is 1. The second-order valence-corrected chi connectivity index (χ2v) is 5.39. The normalized spacial score (nSPS) is 17.1. The van der Waals surface area contributed by atoms with Crippen LogP contribution in [0.15, 0.2) is 18.2 Å². The van der Waals surface area contributed by atoms with Gasteiger partial charge in [-0.2, -0.15) is 0 Å². The summed E-state index contributed by atoms with van der Waals surface area (Å²) in [6.07, 6.45) is 2.48. The molecule has 1 aromatic rings. The lowest BCUT2D eigenvalue weighted by molar-refractivity contribution is -0.143. The van der Waals surface area contributed by atoms with Crippen molar-refractivity contribution in [3.05, 3.63) is 29.3 Å². The second kappa shape index (κ2) is 6.75. The van der Waals surface area contributed by atoms with E-state index in [1.807, 2.05) is 0 Å². The van der Waals surface area contributed by atoms with Gasteiger partial charge in [0.25, 0.3) is 0 Å². The summed E-state index contributed by atoms with van der Waals surface area (Å²) < 4.78 is 5.47. The number of carbonyl (C=O) groups is 1. The van der Waals surface area contributed by atoms with Crippen LogP contribution in [0.2, 0.25) is 0 Å². The molecule has 1 aliphatic rings. The second-order valence-electron chi connectivity index (χ2n) is 5.39. The first-order valence-corrected chi connectivity index (χ1v) is 7.25. The molecule has 0 spiro atoms. The Bertz CT molecular complexity index is 465. The quantitative estimate of drug-likeness (QED) is 0.898. The smallest absolute Gasteiger partial charge is 0.306 e. The zero-order chi connectivity index (χ0) is 14.5. The van der Waals surface area contributed by atoms with E-state index in [4.69, 9.17) is 9.84 Å². The fraction of sp³-hybridized carbons (Fsp3) is 0.562. The number of hydrogen-bond donors (Lipinski definition) is 1. The van der Waals surface area contributed by atoms with E-state index < -0.39 is 5.97 Å². The lowest BCUT2D eigenvalue weighted by Crippen LogP contribution is -2.35. The lowest BCUT2D eigenvalue weighted by Gasteiger charge is -2.30. The first-order chi connectivity index (χ1) is 9.63. The summed E-state index contributed by atoms with van der Waals surface area (Å²) in [5, 5.41) is 9.02. The molecule has 0 bridgehead atoms. The van der Waals surface area contributed by atoms with Crippen molar-refractivity contribution >= 4 is 5.97 Å². The third-order valence-electron chi connectivity index (χ3n) is 4.09. The Morgan fingerprint density at radius 1 is 1.40 bits per heavy atom. The highest BCUT2D eigenvalue weighted by atomic mass is 16.5. The summed E-state index contributed by atoms with van der Waals surface area (Å²) in [7, 11) is 1.70. The van der Waals surface area contributed by atoms with Gasteiger partial charge in [-0.15, -0.1) is 0 Å². The van der Waals surface area contributed by atoms with E-state index in [1.54, 1.807) is 7.11 Å². The first kappa shape index (κ1) is 14.9. The monoisotopic (exact) mass is 277 g/mol. The molecule has 2 rings (SSSR count). The molecule has 0 aliphatic carbocycles. The maximum Gasteiger partial charge on any atom is 0.306 e. The van der Waals surface area contributed by atoms with Gasteiger partial charge in [-0.25, -0.2) is 0 Å². The Hall–Kier alpha value is -1.55. The number of carboxylic acids is 1. The van der Waals surface area contributed by atoms with Gasteiger partial charge < -0.3 is 9.84 Å². The van der Waals surface area contributed by atoms with Crippen LogP contribution in [-0.4, -0.2) is 36.2 Å². The topological polar surface area (TPSA) is 49.8 Å². The highest BCUT2D eigenvalue weighted by molar-refractivity contribution is 5.70. The summed E-state index contributed by atoms with van der Waals surface area (Å²) >= 11 is 0. The molecule has 1 aromatic carbocycles. The summed E-state index contributed by atoms with van der Waals surface area (Å²) in [6, 6.07) is 6.36. The molecule has 0 saturated carbocycles. The zero-order valence-electron chi connectivity index (χ0n) is 12.3. The van der Waals surface area contributed by atoms with Crippen LogP contribution in [-0.2, 0) is 17.8 Å². The minimum absolute atomic E-state index is 0.171. The minimum atomic E-state index is -0.658. The van der Waals surface area contributed by atoms with Crippen molar-refractivity contribution < 1.29 is 14.6 Å². The van der Waals surface area contributed by atoms with E-state index in [-0.39, 0.29) is 5.92 Å². The molecule has 1 heterocycles. The molecule has 1 N–H and O–H groups in total. The molecule has 0 unspecified atom stereocenters. The van der Waals surface area contributed by atoms with Crippen LogP contribution in [0.5, 0.6) is 5.75 Å². The van der Waals surface area contributed by atoms with Crippen molar-refractivity contribution in [1.82, 2.24) is 4.90 Å². The van der Waals surface area contributed by atoms with Crippen molar-refractivity contribution in [2.45, 2.75) is 32.7 Å². The Kier molecular flexibility index (Phi) is 5.01. The molecule has 1 saturated heterocycles. The summed E-state index contributed by atoms with van der Waals surface area (Å²) in [5.41, 5.74) is 2.45. The molecule has 1 fully saturated rings. The fourth-order valence-electron chi connectivity index (χ4n) is 2.72. The number of benzene rings is 1. The molecule has 1 aliphatic heterocycles. The summed E-state index contributed by atoms with van der Waals surface area (Å²) in [4.78, 5) is 13.3. The maximum atomic E-state index is 11.0. The number of nitrogens with zero attached hydrogens (tertiary/aromatic N) is 1. The van der Waals surface area contributed by atoms with Crippen LogP contribution in [0, 0.1) is 5.92 Å². The number of methoxy groups -OCH3 is 1. The van der Waals surface area contributed by atoms with Crippen molar-refractivity contribution in [3.8, 4) is 5.75 Å². The van der Waals surface area contributed by atoms with Gasteiger partial charge in [0, 0.05) is 12.1 Å². The van der Waals surface area contributed by atoms with E-state index in [0.717, 1.165) is 44.6 Å². The van der Waals surface area contributed by atoms with Gasteiger partial charge in [0.2, 0.25) is 0 Å². The van der Waals surface area contributed by atoms with Gasteiger partial charge in [0.15, 0.2) is 0 Å². The van der Waals surface area contributed by atoms with Crippen LogP contribution in [0.25, 0.3) is 0 Å². The molecule has 20 heavy (non-hydrogen) atoms. The van der Waals surface area contributed by atoms with E-state index in [9.17, 15) is 4.79 Å². The largest absolute Gasteiger partial charge is 0.496 e. The first-order valence-electron chi connectivity index (χ1n) is 7.25. The molecule has 0 radical (unpaired) electrons.